The highest BCUT2D eigenvalue weighted by atomic mass is 16.5. The third-order valence-electron chi connectivity index (χ3n) is 5.30. The zero-order chi connectivity index (χ0) is 18.2. The van der Waals surface area contributed by atoms with Gasteiger partial charge in [0, 0.05) is 11.6 Å². The lowest BCUT2D eigenvalue weighted by molar-refractivity contribution is -0.142. The molecule has 1 N–H and O–H groups in total. The molecule has 25 heavy (non-hydrogen) atoms. The third kappa shape index (κ3) is 2.65. The Morgan fingerprint density at radius 2 is 2.16 bits per heavy atom. The lowest BCUT2D eigenvalue weighted by atomic mass is 9.79. The molecule has 1 aromatic carbocycles. The molecule has 2 aliphatic heterocycles. The molecular formula is C19H22N2O4. The molecule has 0 saturated carbocycles. The van der Waals surface area contributed by atoms with Crippen LogP contribution in [0.2, 0.25) is 0 Å². The summed E-state index contributed by atoms with van der Waals surface area (Å²) in [6.07, 6.45) is 1.74. The number of aliphatic hydroxyl groups excluding tert-OH is 1. The molecular weight excluding hydrogens is 320 g/mol. The van der Waals surface area contributed by atoms with Gasteiger partial charge in [-0.3, -0.25) is 4.79 Å². The maximum absolute atomic E-state index is 12.5. The zero-order valence-electron chi connectivity index (χ0n) is 14.7. The standard InChI is InChI=1S/C19H22N2O4/c1-4-19(5-2)18(23)17(21-11-13(24-3)9-16(21)22)14-8-12(10-20)6-7-15(14)25-19/h6-9,17-18,23H,4-5,11H2,1-3H3/t17-,18+/m1/s1. The molecule has 132 valence electrons. The van der Waals surface area contributed by atoms with Crippen molar-refractivity contribution in [1.29, 1.82) is 5.26 Å². The van der Waals surface area contributed by atoms with E-state index in [2.05, 4.69) is 6.07 Å². The topological polar surface area (TPSA) is 82.8 Å². The van der Waals surface area contributed by atoms with Gasteiger partial charge in [0.1, 0.15) is 23.2 Å². The number of carbonyl (C=O) groups excluding carboxylic acids is 1. The number of nitriles is 1. The first-order valence-corrected chi connectivity index (χ1v) is 8.46. The van der Waals surface area contributed by atoms with E-state index in [0.29, 0.717) is 35.5 Å². The van der Waals surface area contributed by atoms with Crippen LogP contribution in [0.25, 0.3) is 0 Å². The van der Waals surface area contributed by atoms with Gasteiger partial charge in [-0.15, -0.1) is 0 Å². The molecule has 2 aliphatic rings. The molecule has 2 atom stereocenters. The summed E-state index contributed by atoms with van der Waals surface area (Å²) in [5, 5.41) is 20.4. The van der Waals surface area contributed by atoms with Gasteiger partial charge in [0.15, 0.2) is 0 Å². The number of fused-ring (bicyclic) bond motifs is 1. The molecule has 0 saturated heterocycles. The van der Waals surface area contributed by atoms with Crippen molar-refractivity contribution in [2.24, 2.45) is 0 Å². The summed E-state index contributed by atoms with van der Waals surface area (Å²) in [5.41, 5.74) is 0.344. The summed E-state index contributed by atoms with van der Waals surface area (Å²) < 4.78 is 11.4. The van der Waals surface area contributed by atoms with Crippen molar-refractivity contribution in [3.8, 4) is 11.8 Å². The van der Waals surface area contributed by atoms with Crippen molar-refractivity contribution < 1.29 is 19.4 Å². The second kappa shape index (κ2) is 6.41. The molecule has 1 aromatic rings. The number of hydrogen-bond donors (Lipinski definition) is 1. The molecule has 0 spiro atoms. The van der Waals surface area contributed by atoms with Crippen LogP contribution in [0, 0.1) is 11.3 Å². The third-order valence-corrected chi connectivity index (χ3v) is 5.30. The first-order valence-electron chi connectivity index (χ1n) is 8.46. The van der Waals surface area contributed by atoms with Crippen LogP contribution < -0.4 is 4.74 Å². The summed E-state index contributed by atoms with van der Waals surface area (Å²) in [4.78, 5) is 14.1. The number of aliphatic hydroxyl groups is 1. The predicted molar refractivity (Wildman–Crippen MR) is 90.7 cm³/mol. The molecule has 0 unspecified atom stereocenters. The first-order chi connectivity index (χ1) is 12.0. The molecule has 0 radical (unpaired) electrons. The highest BCUT2D eigenvalue weighted by Crippen LogP contribution is 2.46. The lowest BCUT2D eigenvalue weighted by Crippen LogP contribution is -2.56. The minimum Gasteiger partial charge on any atom is -0.499 e. The fraction of sp³-hybridized carbons (Fsp3) is 0.474. The van der Waals surface area contributed by atoms with Gasteiger partial charge in [0.25, 0.3) is 5.91 Å². The summed E-state index contributed by atoms with van der Waals surface area (Å²) >= 11 is 0. The average Bonchev–Trinajstić information content (AvgIpc) is 3.01. The number of hydrogen-bond acceptors (Lipinski definition) is 5. The number of methoxy groups -OCH3 is 1. The number of amides is 1. The Balaban J connectivity index is 2.11. The monoisotopic (exact) mass is 342 g/mol. The van der Waals surface area contributed by atoms with Gasteiger partial charge < -0.3 is 19.5 Å². The van der Waals surface area contributed by atoms with E-state index in [1.807, 2.05) is 13.8 Å². The predicted octanol–water partition coefficient (Wildman–Crippen LogP) is 2.28. The Kier molecular flexibility index (Phi) is 4.44. The molecule has 0 aliphatic carbocycles. The minimum absolute atomic E-state index is 0.211. The second-order valence-electron chi connectivity index (χ2n) is 6.41. The van der Waals surface area contributed by atoms with E-state index >= 15 is 0 Å². The highest BCUT2D eigenvalue weighted by Gasteiger charge is 2.50. The molecule has 3 rings (SSSR count). The molecule has 6 heteroatoms. The summed E-state index contributed by atoms with van der Waals surface area (Å²) in [5.74, 6) is 0.953. The van der Waals surface area contributed by atoms with Gasteiger partial charge >= 0.3 is 0 Å². The Morgan fingerprint density at radius 3 is 2.72 bits per heavy atom. The van der Waals surface area contributed by atoms with Crippen LogP contribution in [0.5, 0.6) is 5.75 Å². The Bertz CT molecular complexity index is 761. The van der Waals surface area contributed by atoms with Crippen LogP contribution >= 0.6 is 0 Å². The van der Waals surface area contributed by atoms with Gasteiger partial charge in [0.05, 0.1) is 31.3 Å². The van der Waals surface area contributed by atoms with Crippen molar-refractivity contribution in [1.82, 2.24) is 4.90 Å². The van der Waals surface area contributed by atoms with E-state index < -0.39 is 17.7 Å². The van der Waals surface area contributed by atoms with E-state index in [0.717, 1.165) is 0 Å². The number of benzene rings is 1. The van der Waals surface area contributed by atoms with Crippen LogP contribution in [-0.4, -0.2) is 41.3 Å². The number of rotatable bonds is 4. The van der Waals surface area contributed by atoms with Gasteiger partial charge in [0.2, 0.25) is 0 Å². The smallest absolute Gasteiger partial charge is 0.251 e. The van der Waals surface area contributed by atoms with E-state index in [4.69, 9.17) is 9.47 Å². The normalized spacial score (nSPS) is 24.2. The molecule has 2 heterocycles. The van der Waals surface area contributed by atoms with Crippen LogP contribution in [0.3, 0.4) is 0 Å². The van der Waals surface area contributed by atoms with Gasteiger partial charge in [-0.1, -0.05) is 13.8 Å². The van der Waals surface area contributed by atoms with Crippen molar-refractivity contribution in [3.63, 3.8) is 0 Å². The van der Waals surface area contributed by atoms with Crippen molar-refractivity contribution in [3.05, 3.63) is 41.2 Å². The number of carbonyl (C=O) groups is 1. The Hall–Kier alpha value is -2.52. The van der Waals surface area contributed by atoms with Crippen molar-refractivity contribution in [2.75, 3.05) is 13.7 Å². The SMILES string of the molecule is CCC1(CC)Oc2ccc(C#N)cc2[C@@H](N2CC(OC)=CC2=O)[C@@H]1O. The molecule has 1 amide bonds. The number of ether oxygens (including phenoxy) is 2. The number of nitrogens with zero attached hydrogens (tertiary/aromatic N) is 2. The lowest BCUT2D eigenvalue weighted by Gasteiger charge is -2.48. The summed E-state index contributed by atoms with van der Waals surface area (Å²) in [6, 6.07) is 6.64. The van der Waals surface area contributed by atoms with Crippen LogP contribution in [0.1, 0.15) is 43.9 Å². The van der Waals surface area contributed by atoms with E-state index in [1.54, 1.807) is 23.1 Å². The molecule has 0 fully saturated rings. The zero-order valence-corrected chi connectivity index (χ0v) is 14.7. The molecule has 0 bridgehead atoms. The molecule has 6 nitrogen and oxygen atoms in total. The summed E-state index contributed by atoms with van der Waals surface area (Å²) in [7, 11) is 1.52. The van der Waals surface area contributed by atoms with Crippen LogP contribution in [0.4, 0.5) is 0 Å². The fourth-order valence-corrected chi connectivity index (χ4v) is 3.70. The average molecular weight is 342 g/mol. The van der Waals surface area contributed by atoms with Crippen molar-refractivity contribution >= 4 is 5.91 Å². The van der Waals surface area contributed by atoms with E-state index in [-0.39, 0.29) is 12.5 Å². The Morgan fingerprint density at radius 1 is 1.44 bits per heavy atom. The van der Waals surface area contributed by atoms with E-state index in [1.165, 1.54) is 13.2 Å². The van der Waals surface area contributed by atoms with Gasteiger partial charge in [-0.2, -0.15) is 5.26 Å². The highest BCUT2D eigenvalue weighted by molar-refractivity contribution is 5.91. The maximum atomic E-state index is 12.5. The largest absolute Gasteiger partial charge is 0.499 e. The maximum Gasteiger partial charge on any atom is 0.251 e. The van der Waals surface area contributed by atoms with Gasteiger partial charge in [-0.05, 0) is 31.0 Å². The van der Waals surface area contributed by atoms with Crippen LogP contribution in [0.15, 0.2) is 30.0 Å². The fourth-order valence-electron chi connectivity index (χ4n) is 3.70. The second-order valence-corrected chi connectivity index (χ2v) is 6.41. The Labute approximate surface area is 147 Å². The summed E-state index contributed by atoms with van der Waals surface area (Å²) in [6.45, 7) is 4.21. The molecule has 0 aromatic heterocycles. The minimum atomic E-state index is -0.905. The van der Waals surface area contributed by atoms with Crippen LogP contribution in [-0.2, 0) is 9.53 Å². The van der Waals surface area contributed by atoms with Gasteiger partial charge in [-0.25, -0.2) is 0 Å². The van der Waals surface area contributed by atoms with Crippen molar-refractivity contribution in [2.45, 2.75) is 44.4 Å². The van der Waals surface area contributed by atoms with E-state index in [9.17, 15) is 15.2 Å². The first kappa shape index (κ1) is 17.3. The quantitative estimate of drug-likeness (QED) is 0.908.